The molecule has 0 unspecified atom stereocenters. The van der Waals surface area contributed by atoms with Gasteiger partial charge in [0.25, 0.3) is 0 Å². The zero-order valence-corrected chi connectivity index (χ0v) is 8.53. The van der Waals surface area contributed by atoms with Gasteiger partial charge in [-0.25, -0.2) is 0 Å². The number of fused-ring (bicyclic) bond motifs is 1. The van der Waals surface area contributed by atoms with Crippen LogP contribution in [0.3, 0.4) is 0 Å². The Hall–Kier alpha value is -2.29. The van der Waals surface area contributed by atoms with E-state index in [1.54, 1.807) is 6.07 Å². The number of aromatic amines is 2. The van der Waals surface area contributed by atoms with E-state index in [0.29, 0.717) is 0 Å². The van der Waals surface area contributed by atoms with E-state index < -0.39 is 0 Å². The Kier molecular flexibility index (Phi) is 1.90. The molecule has 2 aromatic heterocycles. The summed E-state index contributed by atoms with van der Waals surface area (Å²) in [5, 5.41) is 1.12. The zero-order chi connectivity index (χ0) is 11.0. The van der Waals surface area contributed by atoms with Crippen LogP contribution in [0.4, 0.5) is 0 Å². The first-order valence-electron chi connectivity index (χ1n) is 5.10. The maximum atomic E-state index is 11.3. The Morgan fingerprint density at radius 1 is 0.938 bits per heavy atom. The summed E-state index contributed by atoms with van der Waals surface area (Å²) in [4.78, 5) is 17.3. The second kappa shape index (κ2) is 3.38. The van der Waals surface area contributed by atoms with E-state index >= 15 is 0 Å². The van der Waals surface area contributed by atoms with Crippen LogP contribution >= 0.6 is 0 Å². The smallest absolute Gasteiger partial charge is 0.248 e. The van der Waals surface area contributed by atoms with E-state index in [1.165, 1.54) is 6.07 Å². The number of H-pyrrole nitrogens is 2. The predicted molar refractivity (Wildman–Crippen MR) is 64.4 cm³/mol. The molecule has 0 bridgehead atoms. The molecule has 0 atom stereocenters. The van der Waals surface area contributed by atoms with Gasteiger partial charge in [0.2, 0.25) is 5.56 Å². The molecule has 0 fully saturated rings. The Morgan fingerprint density at radius 2 is 1.81 bits per heavy atom. The van der Waals surface area contributed by atoms with Gasteiger partial charge in [-0.1, -0.05) is 18.2 Å². The molecule has 3 rings (SSSR count). The van der Waals surface area contributed by atoms with Crippen molar-refractivity contribution in [3.05, 3.63) is 59.0 Å². The molecule has 2 heterocycles. The summed E-state index contributed by atoms with van der Waals surface area (Å²) in [7, 11) is 0. The Bertz CT molecular complexity index is 694. The average Bonchev–Trinajstić information content (AvgIpc) is 2.76. The highest BCUT2D eigenvalue weighted by atomic mass is 16.1. The third-order valence-corrected chi connectivity index (χ3v) is 2.65. The number of nitrogens with one attached hydrogen (secondary N) is 2. The van der Waals surface area contributed by atoms with Gasteiger partial charge in [0.15, 0.2) is 0 Å². The van der Waals surface area contributed by atoms with Gasteiger partial charge in [0.05, 0.1) is 0 Å². The quantitative estimate of drug-likeness (QED) is 0.637. The minimum atomic E-state index is -0.0787. The van der Waals surface area contributed by atoms with Crippen molar-refractivity contribution in [2.24, 2.45) is 0 Å². The summed E-state index contributed by atoms with van der Waals surface area (Å²) in [5.41, 5.74) is 2.88. The highest BCUT2D eigenvalue weighted by Crippen LogP contribution is 2.25. The molecule has 78 valence electrons. The normalized spacial score (nSPS) is 10.8. The van der Waals surface area contributed by atoms with Gasteiger partial charge < -0.3 is 9.97 Å². The van der Waals surface area contributed by atoms with Crippen molar-refractivity contribution in [1.29, 1.82) is 0 Å². The van der Waals surface area contributed by atoms with Gasteiger partial charge in [0, 0.05) is 34.4 Å². The second-order valence-corrected chi connectivity index (χ2v) is 3.67. The number of pyridine rings is 1. The first-order chi connectivity index (χ1) is 7.84. The van der Waals surface area contributed by atoms with Crippen molar-refractivity contribution in [2.45, 2.75) is 0 Å². The molecule has 1 aromatic carbocycles. The Labute approximate surface area is 91.8 Å². The van der Waals surface area contributed by atoms with Gasteiger partial charge in [-0.3, -0.25) is 4.79 Å². The van der Waals surface area contributed by atoms with Crippen molar-refractivity contribution in [3.63, 3.8) is 0 Å². The molecule has 16 heavy (non-hydrogen) atoms. The molecule has 0 aliphatic heterocycles. The van der Waals surface area contributed by atoms with E-state index in [9.17, 15) is 4.79 Å². The molecule has 0 spiro atoms. The van der Waals surface area contributed by atoms with Crippen LogP contribution in [0.25, 0.3) is 22.2 Å². The van der Waals surface area contributed by atoms with Crippen LogP contribution in [0.2, 0.25) is 0 Å². The van der Waals surface area contributed by atoms with Crippen molar-refractivity contribution in [2.75, 3.05) is 0 Å². The minimum absolute atomic E-state index is 0.0787. The molecule has 0 aliphatic rings. The predicted octanol–water partition coefficient (Wildman–Crippen LogP) is 2.52. The van der Waals surface area contributed by atoms with E-state index in [4.69, 9.17) is 0 Å². The molecule has 3 nitrogen and oxygen atoms in total. The summed E-state index contributed by atoms with van der Waals surface area (Å²) < 4.78 is 0. The molecule has 3 heteroatoms. The maximum absolute atomic E-state index is 11.3. The summed E-state index contributed by atoms with van der Waals surface area (Å²) in [6.45, 7) is 0. The van der Waals surface area contributed by atoms with Crippen LogP contribution in [-0.2, 0) is 0 Å². The molecular weight excluding hydrogens is 200 g/mol. The first kappa shape index (κ1) is 8.97. The van der Waals surface area contributed by atoms with E-state index in [2.05, 4.69) is 9.97 Å². The standard InChI is InChI=1S/C13H10N2O/c16-13-6-2-5-12(15-13)9-3-1-4-11-10(9)7-8-14-11/h1-8,14H,(H,15,16). The van der Waals surface area contributed by atoms with Crippen molar-refractivity contribution < 1.29 is 0 Å². The fourth-order valence-corrected chi connectivity index (χ4v) is 1.93. The van der Waals surface area contributed by atoms with Crippen molar-refractivity contribution >= 4 is 10.9 Å². The van der Waals surface area contributed by atoms with Crippen LogP contribution < -0.4 is 5.56 Å². The number of benzene rings is 1. The Morgan fingerprint density at radius 3 is 2.69 bits per heavy atom. The largest absolute Gasteiger partial charge is 0.361 e. The van der Waals surface area contributed by atoms with Gasteiger partial charge in [-0.15, -0.1) is 0 Å². The maximum Gasteiger partial charge on any atom is 0.248 e. The molecular formula is C13H10N2O. The molecule has 0 radical (unpaired) electrons. The second-order valence-electron chi connectivity index (χ2n) is 3.67. The lowest BCUT2D eigenvalue weighted by atomic mass is 10.1. The van der Waals surface area contributed by atoms with Gasteiger partial charge in [-0.2, -0.15) is 0 Å². The van der Waals surface area contributed by atoms with E-state index in [-0.39, 0.29) is 5.56 Å². The van der Waals surface area contributed by atoms with E-state index in [0.717, 1.165) is 22.2 Å². The summed E-state index contributed by atoms with van der Waals surface area (Å²) in [6, 6.07) is 13.2. The molecule has 0 aliphatic carbocycles. The van der Waals surface area contributed by atoms with E-state index in [1.807, 2.05) is 36.5 Å². The topological polar surface area (TPSA) is 48.6 Å². The summed E-state index contributed by atoms with van der Waals surface area (Å²) >= 11 is 0. The van der Waals surface area contributed by atoms with Crippen molar-refractivity contribution in [1.82, 2.24) is 9.97 Å². The third kappa shape index (κ3) is 1.34. The number of aromatic nitrogens is 2. The van der Waals surface area contributed by atoms with Crippen LogP contribution in [0.15, 0.2) is 53.5 Å². The van der Waals surface area contributed by atoms with Gasteiger partial charge >= 0.3 is 0 Å². The lowest BCUT2D eigenvalue weighted by Crippen LogP contribution is -2.03. The highest BCUT2D eigenvalue weighted by Gasteiger charge is 2.04. The number of hydrogen-bond acceptors (Lipinski definition) is 1. The van der Waals surface area contributed by atoms with Crippen molar-refractivity contribution in [3.8, 4) is 11.3 Å². The highest BCUT2D eigenvalue weighted by molar-refractivity contribution is 5.93. The Balaban J connectivity index is 2.33. The lowest BCUT2D eigenvalue weighted by molar-refractivity contribution is 1.25. The van der Waals surface area contributed by atoms with Gasteiger partial charge in [-0.05, 0) is 18.2 Å². The number of rotatable bonds is 1. The third-order valence-electron chi connectivity index (χ3n) is 2.65. The zero-order valence-electron chi connectivity index (χ0n) is 8.53. The average molecular weight is 210 g/mol. The van der Waals surface area contributed by atoms with Gasteiger partial charge in [0.1, 0.15) is 0 Å². The van der Waals surface area contributed by atoms with Crippen LogP contribution in [0.5, 0.6) is 0 Å². The molecule has 0 saturated heterocycles. The SMILES string of the molecule is O=c1cccc(-c2cccc3[nH]ccc23)[nH]1. The fraction of sp³-hybridized carbons (Fsp3) is 0. The van der Waals surface area contributed by atoms with Crippen LogP contribution in [0.1, 0.15) is 0 Å². The molecule has 2 N–H and O–H groups in total. The van der Waals surface area contributed by atoms with Crippen LogP contribution in [-0.4, -0.2) is 9.97 Å². The minimum Gasteiger partial charge on any atom is -0.361 e. The molecule has 0 saturated carbocycles. The summed E-state index contributed by atoms with van der Waals surface area (Å²) in [6.07, 6.45) is 1.90. The first-order valence-corrected chi connectivity index (χ1v) is 5.10. The molecule has 3 aromatic rings. The summed E-state index contributed by atoms with van der Waals surface area (Å²) in [5.74, 6) is 0. The monoisotopic (exact) mass is 210 g/mol. The lowest BCUT2D eigenvalue weighted by Gasteiger charge is -2.02. The number of hydrogen-bond donors (Lipinski definition) is 2. The van der Waals surface area contributed by atoms with Crippen LogP contribution in [0, 0.1) is 0 Å². The molecule has 0 amide bonds. The fourth-order valence-electron chi connectivity index (χ4n) is 1.93.